The summed E-state index contributed by atoms with van der Waals surface area (Å²) < 4.78 is 24.3. The number of ether oxygens (including phenoxy) is 2. The van der Waals surface area contributed by atoms with E-state index in [1.165, 1.54) is 19.2 Å². The number of anilines is 1. The van der Waals surface area contributed by atoms with Gasteiger partial charge in [-0.15, -0.1) is 0 Å². The van der Waals surface area contributed by atoms with Gasteiger partial charge in [0.2, 0.25) is 5.91 Å². The molecule has 37 heavy (non-hydrogen) atoms. The predicted molar refractivity (Wildman–Crippen MR) is 141 cm³/mol. The van der Waals surface area contributed by atoms with Crippen molar-refractivity contribution in [2.45, 2.75) is 13.5 Å². The number of amides is 3. The summed E-state index contributed by atoms with van der Waals surface area (Å²) >= 11 is 6.74. The molecule has 0 aliphatic carbocycles. The van der Waals surface area contributed by atoms with Gasteiger partial charge < -0.3 is 14.8 Å². The number of carbonyl (C=O) groups is 3. The number of benzene rings is 3. The maximum atomic E-state index is 13.1. The van der Waals surface area contributed by atoms with E-state index in [9.17, 15) is 18.8 Å². The highest BCUT2D eigenvalue weighted by Crippen LogP contribution is 2.35. The van der Waals surface area contributed by atoms with Crippen molar-refractivity contribution >= 4 is 52.2 Å². The van der Waals surface area contributed by atoms with Gasteiger partial charge in [-0.1, -0.05) is 35.9 Å². The van der Waals surface area contributed by atoms with Gasteiger partial charge in [-0.05, 0) is 77.9 Å². The molecule has 1 N–H and O–H groups in total. The first-order chi connectivity index (χ1) is 17.7. The first kappa shape index (κ1) is 26.2. The molecule has 1 fully saturated rings. The topological polar surface area (TPSA) is 84.9 Å². The van der Waals surface area contributed by atoms with Gasteiger partial charge in [0.25, 0.3) is 11.1 Å². The largest absolute Gasteiger partial charge is 0.493 e. The molecule has 0 saturated carbocycles. The average molecular weight is 541 g/mol. The Balaban J connectivity index is 1.43. The fourth-order valence-electron chi connectivity index (χ4n) is 3.48. The Kier molecular flexibility index (Phi) is 8.15. The zero-order chi connectivity index (χ0) is 26.5. The second kappa shape index (κ2) is 11.5. The molecule has 0 radical (unpaired) electrons. The molecule has 3 aromatic rings. The third-order valence-electron chi connectivity index (χ3n) is 5.44. The fourth-order valence-corrected chi connectivity index (χ4v) is 4.50. The van der Waals surface area contributed by atoms with Crippen LogP contribution in [0.15, 0.2) is 65.6 Å². The van der Waals surface area contributed by atoms with Crippen molar-refractivity contribution in [1.82, 2.24) is 4.90 Å². The van der Waals surface area contributed by atoms with Crippen molar-refractivity contribution in [3.05, 3.63) is 93.1 Å². The number of nitrogens with zero attached hydrogens (tertiary/aromatic N) is 1. The minimum atomic E-state index is -0.566. The van der Waals surface area contributed by atoms with Crippen molar-refractivity contribution in [1.29, 1.82) is 0 Å². The molecule has 1 aliphatic heterocycles. The molecule has 3 aromatic carbocycles. The maximum Gasteiger partial charge on any atom is 0.294 e. The monoisotopic (exact) mass is 540 g/mol. The molecule has 10 heteroatoms. The molecule has 0 unspecified atom stereocenters. The number of hydrogen-bond donors (Lipinski definition) is 1. The highest BCUT2D eigenvalue weighted by Gasteiger charge is 2.36. The third-order valence-corrected chi connectivity index (χ3v) is 6.58. The smallest absolute Gasteiger partial charge is 0.294 e. The minimum absolute atomic E-state index is 0.179. The standard InChI is InChI=1S/C27H22ClFN2O5S/c1-16-3-7-19(28)13-21(16)30-25(32)14-31-26(33)24(37-27(31)34)12-18-6-10-22(23(11-18)35-2)36-15-17-4-8-20(29)9-5-17/h3-13H,14-15H2,1-2H3,(H,30,32)/b24-12-. The number of carbonyl (C=O) groups excluding carboxylic acids is 3. The van der Waals surface area contributed by atoms with Crippen LogP contribution in [-0.4, -0.2) is 35.6 Å². The number of rotatable bonds is 8. The first-order valence-electron chi connectivity index (χ1n) is 11.1. The van der Waals surface area contributed by atoms with Gasteiger partial charge in [0, 0.05) is 10.7 Å². The van der Waals surface area contributed by atoms with Crippen molar-refractivity contribution < 1.29 is 28.2 Å². The summed E-state index contributed by atoms with van der Waals surface area (Å²) in [5.74, 6) is -0.523. The van der Waals surface area contributed by atoms with Crippen molar-refractivity contribution in [2.24, 2.45) is 0 Å². The number of hydrogen-bond acceptors (Lipinski definition) is 6. The van der Waals surface area contributed by atoms with Crippen LogP contribution in [0, 0.1) is 12.7 Å². The lowest BCUT2D eigenvalue weighted by molar-refractivity contribution is -0.127. The van der Waals surface area contributed by atoms with E-state index in [0.29, 0.717) is 27.8 Å². The second-order valence-electron chi connectivity index (χ2n) is 8.10. The third kappa shape index (κ3) is 6.49. The lowest BCUT2D eigenvalue weighted by atomic mass is 10.1. The average Bonchev–Trinajstić information content (AvgIpc) is 3.13. The van der Waals surface area contributed by atoms with Crippen LogP contribution >= 0.6 is 23.4 Å². The second-order valence-corrected chi connectivity index (χ2v) is 9.53. The van der Waals surface area contributed by atoms with Gasteiger partial charge in [0.1, 0.15) is 19.0 Å². The Labute approximate surface area is 222 Å². The Morgan fingerprint density at radius 3 is 2.57 bits per heavy atom. The van der Waals surface area contributed by atoms with E-state index >= 15 is 0 Å². The van der Waals surface area contributed by atoms with Crippen LogP contribution in [0.1, 0.15) is 16.7 Å². The normalized spacial score (nSPS) is 14.3. The summed E-state index contributed by atoms with van der Waals surface area (Å²) in [6, 6.07) is 16.1. The summed E-state index contributed by atoms with van der Waals surface area (Å²) in [4.78, 5) is 38.9. The molecular formula is C27H22ClFN2O5S. The Morgan fingerprint density at radius 1 is 1.08 bits per heavy atom. The highest BCUT2D eigenvalue weighted by molar-refractivity contribution is 8.18. The van der Waals surface area contributed by atoms with E-state index < -0.39 is 23.6 Å². The molecule has 4 rings (SSSR count). The quantitative estimate of drug-likeness (QED) is 0.350. The summed E-state index contributed by atoms with van der Waals surface area (Å²) in [5.41, 5.74) is 2.70. The molecule has 0 aromatic heterocycles. The van der Waals surface area contributed by atoms with Gasteiger partial charge in [-0.3, -0.25) is 19.3 Å². The zero-order valence-corrected chi connectivity index (χ0v) is 21.5. The molecular weight excluding hydrogens is 519 g/mol. The Hall–Kier alpha value is -3.82. The van der Waals surface area contributed by atoms with E-state index in [-0.39, 0.29) is 17.3 Å². The lowest BCUT2D eigenvalue weighted by Crippen LogP contribution is -2.36. The number of methoxy groups -OCH3 is 1. The van der Waals surface area contributed by atoms with E-state index in [2.05, 4.69) is 5.32 Å². The molecule has 0 spiro atoms. The van der Waals surface area contributed by atoms with Crippen molar-refractivity contribution in [2.75, 3.05) is 19.0 Å². The summed E-state index contributed by atoms with van der Waals surface area (Å²) in [7, 11) is 1.48. The van der Waals surface area contributed by atoms with Gasteiger partial charge in [0.05, 0.1) is 12.0 Å². The van der Waals surface area contributed by atoms with Gasteiger partial charge in [-0.2, -0.15) is 0 Å². The van der Waals surface area contributed by atoms with Crippen molar-refractivity contribution in [3.8, 4) is 11.5 Å². The maximum absolute atomic E-state index is 13.1. The predicted octanol–water partition coefficient (Wildman–Crippen LogP) is 6.05. The summed E-state index contributed by atoms with van der Waals surface area (Å²) in [6.45, 7) is 1.60. The van der Waals surface area contributed by atoms with Crippen molar-refractivity contribution in [3.63, 3.8) is 0 Å². The van der Waals surface area contributed by atoms with Crippen LogP contribution in [-0.2, 0) is 16.2 Å². The Morgan fingerprint density at radius 2 is 1.84 bits per heavy atom. The summed E-state index contributed by atoms with van der Waals surface area (Å²) in [5, 5.41) is 2.60. The number of imide groups is 1. The first-order valence-corrected chi connectivity index (χ1v) is 12.3. The van der Waals surface area contributed by atoms with E-state index in [1.54, 1.807) is 54.6 Å². The molecule has 1 saturated heterocycles. The molecule has 0 bridgehead atoms. The number of nitrogens with one attached hydrogen (secondary N) is 1. The molecule has 1 aliphatic rings. The van der Waals surface area contributed by atoms with Crippen LogP contribution in [0.2, 0.25) is 5.02 Å². The minimum Gasteiger partial charge on any atom is -0.493 e. The van der Waals surface area contributed by atoms with Crippen LogP contribution in [0.4, 0.5) is 14.9 Å². The van der Waals surface area contributed by atoms with Gasteiger partial charge in [-0.25, -0.2) is 4.39 Å². The molecule has 0 atom stereocenters. The number of aryl methyl sites for hydroxylation is 1. The number of thioether (sulfide) groups is 1. The molecule has 190 valence electrons. The van der Waals surface area contributed by atoms with Crippen LogP contribution in [0.3, 0.4) is 0 Å². The van der Waals surface area contributed by atoms with E-state index in [1.807, 2.05) is 6.92 Å². The van der Waals surface area contributed by atoms with E-state index in [0.717, 1.165) is 27.8 Å². The Bertz CT molecular complexity index is 1390. The molecule has 7 nitrogen and oxygen atoms in total. The lowest BCUT2D eigenvalue weighted by Gasteiger charge is -2.14. The highest BCUT2D eigenvalue weighted by atomic mass is 35.5. The van der Waals surface area contributed by atoms with Crippen LogP contribution in [0.25, 0.3) is 6.08 Å². The van der Waals surface area contributed by atoms with Crippen LogP contribution in [0.5, 0.6) is 11.5 Å². The zero-order valence-electron chi connectivity index (χ0n) is 19.9. The fraction of sp³-hybridized carbons (Fsp3) is 0.148. The molecule has 3 amide bonds. The summed E-state index contributed by atoms with van der Waals surface area (Å²) in [6.07, 6.45) is 1.55. The number of halogens is 2. The van der Waals surface area contributed by atoms with Gasteiger partial charge >= 0.3 is 0 Å². The van der Waals surface area contributed by atoms with E-state index in [4.69, 9.17) is 21.1 Å². The van der Waals surface area contributed by atoms with Gasteiger partial charge in [0.15, 0.2) is 11.5 Å². The van der Waals surface area contributed by atoms with Crippen LogP contribution < -0.4 is 14.8 Å². The molecule has 1 heterocycles. The SMILES string of the molecule is COc1cc(/C=C2\SC(=O)N(CC(=O)Nc3cc(Cl)ccc3C)C2=O)ccc1OCc1ccc(F)cc1.